The first kappa shape index (κ1) is 11.9. The fourth-order valence-corrected chi connectivity index (χ4v) is 2.56. The van der Waals surface area contributed by atoms with Crippen molar-refractivity contribution in [2.75, 3.05) is 12.8 Å². The Hall–Kier alpha value is -0.180. The minimum atomic E-state index is 0. The molecule has 78 valence electrons. The van der Waals surface area contributed by atoms with Gasteiger partial charge in [-0.1, -0.05) is 18.2 Å². The zero-order chi connectivity index (χ0) is 9.10. The summed E-state index contributed by atoms with van der Waals surface area (Å²) in [6, 6.07) is 9.30. The molecule has 1 nitrogen and oxygen atoms in total. The van der Waals surface area contributed by atoms with Crippen molar-refractivity contribution >= 4 is 24.2 Å². The van der Waals surface area contributed by atoms with Crippen LogP contribution in [0.25, 0.3) is 0 Å². The molecule has 2 rings (SSSR count). The van der Waals surface area contributed by atoms with Crippen LogP contribution in [-0.2, 0) is 0 Å². The molecule has 1 N–H and O–H groups in total. The molecule has 0 unspecified atom stereocenters. The first-order chi connectivity index (χ1) is 6.42. The van der Waals surface area contributed by atoms with E-state index in [2.05, 4.69) is 35.8 Å². The van der Waals surface area contributed by atoms with E-state index in [1.807, 2.05) is 11.8 Å². The second kappa shape index (κ2) is 5.64. The third-order valence-electron chi connectivity index (χ3n) is 2.57. The van der Waals surface area contributed by atoms with Crippen molar-refractivity contribution in [1.29, 1.82) is 0 Å². The molecule has 14 heavy (non-hydrogen) atoms. The van der Waals surface area contributed by atoms with Crippen LogP contribution in [0.4, 0.5) is 0 Å². The highest BCUT2D eigenvalue weighted by molar-refractivity contribution is 7.98. The number of halogens is 1. The topological polar surface area (TPSA) is 12.0 Å². The van der Waals surface area contributed by atoms with E-state index in [0.717, 1.165) is 0 Å². The average molecular weight is 230 g/mol. The Morgan fingerprint density at radius 2 is 2.14 bits per heavy atom. The van der Waals surface area contributed by atoms with Crippen LogP contribution in [0.15, 0.2) is 29.2 Å². The van der Waals surface area contributed by atoms with Gasteiger partial charge in [-0.2, -0.15) is 0 Å². The maximum Gasteiger partial charge on any atom is 0.0331 e. The molecule has 1 aliphatic rings. The van der Waals surface area contributed by atoms with E-state index in [4.69, 9.17) is 0 Å². The van der Waals surface area contributed by atoms with E-state index in [0.29, 0.717) is 6.04 Å². The smallest absolute Gasteiger partial charge is 0.0331 e. The van der Waals surface area contributed by atoms with Gasteiger partial charge in [0.15, 0.2) is 0 Å². The first-order valence-corrected chi connectivity index (χ1v) is 6.00. The Bertz CT molecular complexity index is 284. The number of hydrogen-bond donors (Lipinski definition) is 1. The van der Waals surface area contributed by atoms with Gasteiger partial charge in [0.1, 0.15) is 0 Å². The third-order valence-corrected chi connectivity index (χ3v) is 3.39. The summed E-state index contributed by atoms with van der Waals surface area (Å²) in [6.45, 7) is 1.17. The lowest BCUT2D eigenvalue weighted by molar-refractivity contribution is 0.636. The van der Waals surface area contributed by atoms with Crippen LogP contribution in [0.2, 0.25) is 0 Å². The van der Waals surface area contributed by atoms with Crippen LogP contribution < -0.4 is 5.32 Å². The Morgan fingerprint density at radius 3 is 2.79 bits per heavy atom. The average Bonchev–Trinajstić information content (AvgIpc) is 2.70. The molecular formula is C11H16ClNS. The second-order valence-electron chi connectivity index (χ2n) is 3.39. The SMILES string of the molecule is CSc1ccccc1[C@@H]1CCCN1.Cl. The molecule has 1 saturated heterocycles. The van der Waals surface area contributed by atoms with Crippen molar-refractivity contribution in [3.05, 3.63) is 29.8 Å². The molecule has 0 spiro atoms. The standard InChI is InChI=1S/C11H15NS.ClH/c1-13-11-7-3-2-5-9(11)10-6-4-8-12-10;/h2-3,5,7,10,12H,4,6,8H2,1H3;1H/t10-;/m0./s1. The highest BCUT2D eigenvalue weighted by atomic mass is 35.5. The Balaban J connectivity index is 0.000000980. The Morgan fingerprint density at radius 1 is 1.36 bits per heavy atom. The molecule has 1 aliphatic heterocycles. The summed E-state index contributed by atoms with van der Waals surface area (Å²) in [5.41, 5.74) is 1.48. The van der Waals surface area contributed by atoms with Crippen LogP contribution in [0, 0.1) is 0 Å². The van der Waals surface area contributed by atoms with E-state index in [1.54, 1.807) is 0 Å². The van der Waals surface area contributed by atoms with Crippen LogP contribution in [0.1, 0.15) is 24.4 Å². The van der Waals surface area contributed by atoms with Crippen molar-refractivity contribution in [3.63, 3.8) is 0 Å². The molecule has 1 heterocycles. The van der Waals surface area contributed by atoms with Gasteiger partial charge in [0.2, 0.25) is 0 Å². The van der Waals surface area contributed by atoms with Crippen molar-refractivity contribution in [2.45, 2.75) is 23.8 Å². The van der Waals surface area contributed by atoms with E-state index in [1.165, 1.54) is 29.8 Å². The van der Waals surface area contributed by atoms with Gasteiger partial charge >= 0.3 is 0 Å². The van der Waals surface area contributed by atoms with Crippen LogP contribution in [0.5, 0.6) is 0 Å². The quantitative estimate of drug-likeness (QED) is 0.782. The minimum Gasteiger partial charge on any atom is -0.310 e. The maximum atomic E-state index is 3.53. The summed E-state index contributed by atoms with van der Waals surface area (Å²) in [5, 5.41) is 3.53. The van der Waals surface area contributed by atoms with Crippen molar-refractivity contribution < 1.29 is 0 Å². The molecule has 0 saturated carbocycles. The predicted molar refractivity (Wildman–Crippen MR) is 65.4 cm³/mol. The van der Waals surface area contributed by atoms with Gasteiger partial charge in [-0.3, -0.25) is 0 Å². The van der Waals surface area contributed by atoms with Gasteiger partial charge < -0.3 is 5.32 Å². The van der Waals surface area contributed by atoms with Gasteiger partial charge in [0, 0.05) is 10.9 Å². The monoisotopic (exact) mass is 229 g/mol. The van der Waals surface area contributed by atoms with Crippen molar-refractivity contribution in [1.82, 2.24) is 5.32 Å². The van der Waals surface area contributed by atoms with Gasteiger partial charge in [0.25, 0.3) is 0 Å². The third kappa shape index (κ3) is 2.44. The summed E-state index contributed by atoms with van der Waals surface area (Å²) in [5.74, 6) is 0. The lowest BCUT2D eigenvalue weighted by atomic mass is 10.1. The largest absolute Gasteiger partial charge is 0.310 e. The highest BCUT2D eigenvalue weighted by Gasteiger charge is 2.17. The van der Waals surface area contributed by atoms with Gasteiger partial charge in [-0.05, 0) is 37.3 Å². The normalized spacial score (nSPS) is 20.5. The molecule has 1 aromatic carbocycles. The molecule has 1 atom stereocenters. The maximum absolute atomic E-state index is 3.53. The zero-order valence-corrected chi connectivity index (χ0v) is 9.96. The van der Waals surface area contributed by atoms with E-state index in [9.17, 15) is 0 Å². The summed E-state index contributed by atoms with van der Waals surface area (Å²) < 4.78 is 0. The molecule has 0 bridgehead atoms. The van der Waals surface area contributed by atoms with Gasteiger partial charge in [-0.25, -0.2) is 0 Å². The van der Waals surface area contributed by atoms with Crippen molar-refractivity contribution in [3.8, 4) is 0 Å². The minimum absolute atomic E-state index is 0. The number of benzene rings is 1. The fraction of sp³-hybridized carbons (Fsp3) is 0.455. The number of rotatable bonds is 2. The van der Waals surface area contributed by atoms with Gasteiger partial charge in [-0.15, -0.1) is 24.2 Å². The molecule has 0 aliphatic carbocycles. The lowest BCUT2D eigenvalue weighted by Gasteiger charge is -2.13. The number of nitrogens with one attached hydrogen (secondary N) is 1. The molecule has 0 aromatic heterocycles. The Kier molecular flexibility index (Phi) is 4.79. The molecule has 1 aromatic rings. The van der Waals surface area contributed by atoms with Crippen LogP contribution >= 0.6 is 24.2 Å². The Labute approximate surface area is 96.1 Å². The van der Waals surface area contributed by atoms with Crippen LogP contribution in [-0.4, -0.2) is 12.8 Å². The molecule has 3 heteroatoms. The predicted octanol–water partition coefficient (Wildman–Crippen LogP) is 3.25. The summed E-state index contributed by atoms with van der Waals surface area (Å²) in [7, 11) is 0. The highest BCUT2D eigenvalue weighted by Crippen LogP contribution is 2.30. The van der Waals surface area contributed by atoms with Crippen molar-refractivity contribution in [2.24, 2.45) is 0 Å². The second-order valence-corrected chi connectivity index (χ2v) is 4.24. The van der Waals surface area contributed by atoms with E-state index < -0.39 is 0 Å². The molecule has 1 fully saturated rings. The van der Waals surface area contributed by atoms with Gasteiger partial charge in [0.05, 0.1) is 0 Å². The number of hydrogen-bond acceptors (Lipinski definition) is 2. The molecule has 0 amide bonds. The van der Waals surface area contributed by atoms with Crippen LogP contribution in [0.3, 0.4) is 0 Å². The first-order valence-electron chi connectivity index (χ1n) is 4.78. The summed E-state index contributed by atoms with van der Waals surface area (Å²) in [4.78, 5) is 1.42. The van der Waals surface area contributed by atoms with E-state index in [-0.39, 0.29) is 12.4 Å². The summed E-state index contributed by atoms with van der Waals surface area (Å²) in [6.07, 6.45) is 4.75. The zero-order valence-electron chi connectivity index (χ0n) is 8.32. The van der Waals surface area contributed by atoms with E-state index >= 15 is 0 Å². The molecular weight excluding hydrogens is 214 g/mol. The lowest BCUT2D eigenvalue weighted by Crippen LogP contribution is -2.13. The fourth-order valence-electron chi connectivity index (χ4n) is 1.90. The number of thioether (sulfide) groups is 1. The molecule has 0 radical (unpaired) electrons. The summed E-state index contributed by atoms with van der Waals surface area (Å²) >= 11 is 1.84.